The molecule has 3 aromatic rings. The van der Waals surface area contributed by atoms with E-state index >= 15 is 0 Å². The maximum atomic E-state index is 6.00. The summed E-state index contributed by atoms with van der Waals surface area (Å²) in [5.41, 5.74) is 2.51. The van der Waals surface area contributed by atoms with Crippen LogP contribution in [0.1, 0.15) is 5.56 Å². The molecule has 0 bridgehead atoms. The summed E-state index contributed by atoms with van der Waals surface area (Å²) in [5.74, 6) is 0. The molecule has 90 valence electrons. The quantitative estimate of drug-likeness (QED) is 0.537. The van der Waals surface area contributed by atoms with Crippen molar-refractivity contribution in [1.82, 2.24) is 19.5 Å². The molecule has 0 saturated carbocycles. The lowest BCUT2D eigenvalue weighted by Gasteiger charge is -2.05. The Labute approximate surface area is 117 Å². The van der Waals surface area contributed by atoms with Crippen LogP contribution in [0.4, 0.5) is 0 Å². The Hall–Kier alpha value is -1.46. The Morgan fingerprint density at radius 2 is 1.94 bits per heavy atom. The highest BCUT2D eigenvalue weighted by Crippen LogP contribution is 2.23. The molecule has 0 amide bonds. The number of imidazole rings is 1. The average molecular weight is 324 g/mol. The topological polar surface area (TPSA) is 43.6 Å². The summed E-state index contributed by atoms with van der Waals surface area (Å²) in [6, 6.07) is 10.1. The summed E-state index contributed by atoms with van der Waals surface area (Å²) in [6.07, 6.45) is 1.44. The molecule has 0 aliphatic rings. The highest BCUT2D eigenvalue weighted by atomic mass is 79.9. The molecule has 3 rings (SSSR count). The molecule has 0 saturated heterocycles. The first-order valence-corrected chi connectivity index (χ1v) is 6.49. The molecule has 6 heteroatoms. The molecule has 0 unspecified atom stereocenters. The van der Waals surface area contributed by atoms with Crippen molar-refractivity contribution in [3.8, 4) is 0 Å². The number of aromatic nitrogens is 4. The highest BCUT2D eigenvalue weighted by Gasteiger charge is 2.13. The fraction of sp³-hybridized carbons (Fsp3) is 0.0833. The van der Waals surface area contributed by atoms with Gasteiger partial charge in [-0.3, -0.25) is 4.57 Å². The third kappa shape index (κ3) is 2.00. The lowest BCUT2D eigenvalue weighted by molar-refractivity contribution is 0.790. The Morgan fingerprint density at radius 1 is 1.17 bits per heavy atom. The van der Waals surface area contributed by atoms with E-state index < -0.39 is 0 Å². The maximum absolute atomic E-state index is 6.00. The van der Waals surface area contributed by atoms with Crippen LogP contribution in [0.2, 0.25) is 5.15 Å². The van der Waals surface area contributed by atoms with Crippen LogP contribution in [-0.2, 0) is 6.54 Å². The van der Waals surface area contributed by atoms with Crippen molar-refractivity contribution in [1.29, 1.82) is 0 Å². The molecular formula is C12H8BrClN4. The molecule has 1 aromatic carbocycles. The fourth-order valence-corrected chi connectivity index (χ4v) is 2.43. The van der Waals surface area contributed by atoms with Gasteiger partial charge in [0.2, 0.25) is 0 Å². The average Bonchev–Trinajstić information content (AvgIpc) is 2.70. The van der Waals surface area contributed by atoms with Crippen molar-refractivity contribution >= 4 is 38.7 Å². The van der Waals surface area contributed by atoms with Gasteiger partial charge in [0, 0.05) is 0 Å². The third-order valence-electron chi connectivity index (χ3n) is 2.62. The second-order valence-electron chi connectivity index (χ2n) is 3.79. The number of benzene rings is 1. The summed E-state index contributed by atoms with van der Waals surface area (Å²) < 4.78 is 2.65. The molecule has 4 nitrogen and oxygen atoms in total. The predicted octanol–water partition coefficient (Wildman–Crippen LogP) is 3.29. The van der Waals surface area contributed by atoms with E-state index in [2.05, 4.69) is 43.0 Å². The van der Waals surface area contributed by atoms with Crippen LogP contribution in [-0.4, -0.2) is 19.5 Å². The first kappa shape index (κ1) is 11.6. The molecule has 0 aliphatic carbocycles. The van der Waals surface area contributed by atoms with E-state index in [1.807, 2.05) is 22.8 Å². The second kappa shape index (κ2) is 4.66. The number of halogens is 2. The van der Waals surface area contributed by atoms with Crippen LogP contribution in [0, 0.1) is 0 Å². The molecule has 0 aliphatic heterocycles. The van der Waals surface area contributed by atoms with E-state index in [1.165, 1.54) is 11.9 Å². The van der Waals surface area contributed by atoms with Gasteiger partial charge in [-0.15, -0.1) is 0 Å². The van der Waals surface area contributed by atoms with E-state index in [1.54, 1.807) is 0 Å². The number of fused-ring (bicyclic) bond motifs is 1. The Kier molecular flexibility index (Phi) is 3.01. The second-order valence-corrected chi connectivity index (χ2v) is 4.86. The summed E-state index contributed by atoms with van der Waals surface area (Å²) in [7, 11) is 0. The van der Waals surface area contributed by atoms with Crippen molar-refractivity contribution in [2.24, 2.45) is 0 Å². The number of hydrogen-bond donors (Lipinski definition) is 0. The van der Waals surface area contributed by atoms with Crippen molar-refractivity contribution in [3.63, 3.8) is 0 Å². The highest BCUT2D eigenvalue weighted by molar-refractivity contribution is 9.10. The van der Waals surface area contributed by atoms with Crippen molar-refractivity contribution in [2.45, 2.75) is 6.54 Å². The van der Waals surface area contributed by atoms with Gasteiger partial charge >= 0.3 is 0 Å². The minimum absolute atomic E-state index is 0.368. The van der Waals surface area contributed by atoms with E-state index in [0.29, 0.717) is 21.9 Å². The maximum Gasteiger partial charge on any atom is 0.179 e. The molecule has 2 heterocycles. The normalized spacial score (nSPS) is 11.0. The fourth-order valence-electron chi connectivity index (χ4n) is 1.79. The van der Waals surface area contributed by atoms with E-state index in [-0.39, 0.29) is 0 Å². The van der Waals surface area contributed by atoms with E-state index in [4.69, 9.17) is 11.6 Å². The predicted molar refractivity (Wildman–Crippen MR) is 73.6 cm³/mol. The van der Waals surface area contributed by atoms with Crippen molar-refractivity contribution in [2.75, 3.05) is 0 Å². The van der Waals surface area contributed by atoms with Crippen LogP contribution in [0.5, 0.6) is 0 Å². The van der Waals surface area contributed by atoms with Crippen LogP contribution in [0.25, 0.3) is 11.2 Å². The number of rotatable bonds is 2. The molecule has 2 aromatic heterocycles. The molecular weight excluding hydrogens is 316 g/mol. The van der Waals surface area contributed by atoms with Crippen LogP contribution < -0.4 is 0 Å². The lowest BCUT2D eigenvalue weighted by atomic mass is 10.2. The smallest absolute Gasteiger partial charge is 0.179 e. The van der Waals surface area contributed by atoms with Gasteiger partial charge < -0.3 is 0 Å². The molecule has 0 radical (unpaired) electrons. The van der Waals surface area contributed by atoms with Gasteiger partial charge in [-0.25, -0.2) is 15.0 Å². The van der Waals surface area contributed by atoms with Gasteiger partial charge in [-0.1, -0.05) is 41.9 Å². The van der Waals surface area contributed by atoms with E-state index in [9.17, 15) is 0 Å². The first-order chi connectivity index (χ1) is 8.75. The minimum Gasteiger partial charge on any atom is -0.299 e. The lowest BCUT2D eigenvalue weighted by Crippen LogP contribution is -2.01. The summed E-state index contributed by atoms with van der Waals surface area (Å²) in [6.45, 7) is 0.686. The van der Waals surface area contributed by atoms with Crippen molar-refractivity contribution < 1.29 is 0 Å². The van der Waals surface area contributed by atoms with Gasteiger partial charge in [0.25, 0.3) is 0 Å². The first-order valence-electron chi connectivity index (χ1n) is 5.32. The Bertz CT molecular complexity index is 696. The summed E-state index contributed by atoms with van der Waals surface area (Å²) >= 11 is 9.42. The van der Waals surface area contributed by atoms with Crippen molar-refractivity contribution in [3.05, 3.63) is 52.1 Å². The Balaban J connectivity index is 2.12. The van der Waals surface area contributed by atoms with Gasteiger partial charge in [-0.05, 0) is 21.5 Å². The summed E-state index contributed by atoms with van der Waals surface area (Å²) in [4.78, 5) is 12.5. The van der Waals surface area contributed by atoms with Crippen LogP contribution >= 0.6 is 27.5 Å². The van der Waals surface area contributed by atoms with Gasteiger partial charge in [-0.2, -0.15) is 0 Å². The molecule has 18 heavy (non-hydrogen) atoms. The molecule has 0 spiro atoms. The van der Waals surface area contributed by atoms with Crippen LogP contribution in [0.15, 0.2) is 41.4 Å². The molecule has 0 fully saturated rings. The molecule has 0 N–H and O–H groups in total. The zero-order valence-corrected chi connectivity index (χ0v) is 11.6. The molecule has 0 atom stereocenters. The number of hydrogen-bond acceptors (Lipinski definition) is 3. The monoisotopic (exact) mass is 322 g/mol. The van der Waals surface area contributed by atoms with E-state index in [0.717, 1.165) is 5.65 Å². The van der Waals surface area contributed by atoms with Gasteiger partial charge in [0.15, 0.2) is 15.5 Å². The zero-order valence-electron chi connectivity index (χ0n) is 9.22. The van der Waals surface area contributed by atoms with Gasteiger partial charge in [0.05, 0.1) is 6.54 Å². The van der Waals surface area contributed by atoms with Gasteiger partial charge in [0.1, 0.15) is 11.8 Å². The van der Waals surface area contributed by atoms with Crippen LogP contribution in [0.3, 0.4) is 0 Å². The largest absolute Gasteiger partial charge is 0.299 e. The summed E-state index contributed by atoms with van der Waals surface area (Å²) in [5, 5.41) is 0.368. The third-order valence-corrected chi connectivity index (χ3v) is 3.51. The standard InChI is InChI=1S/C12H8BrClN4/c13-12-17-9-10(14)15-7-16-11(9)18(12)6-8-4-2-1-3-5-8/h1-5,7H,6H2. The SMILES string of the molecule is Clc1ncnc2c1nc(Br)n2Cc1ccccc1. The number of nitrogens with zero attached hydrogens (tertiary/aromatic N) is 4. The Morgan fingerprint density at radius 3 is 2.72 bits per heavy atom. The zero-order chi connectivity index (χ0) is 12.5. The minimum atomic E-state index is 0.368.